The molecule has 5 aliphatic heterocycles. The van der Waals surface area contributed by atoms with Gasteiger partial charge in [0.25, 0.3) is 40.5 Å². The molecule has 4 aliphatic carbocycles. The Morgan fingerprint density at radius 1 is 0.321 bits per heavy atom. The summed E-state index contributed by atoms with van der Waals surface area (Å²) >= 11 is 0. The van der Waals surface area contributed by atoms with Crippen molar-refractivity contribution in [1.82, 2.24) is 42.5 Å². The molecule has 5 heterocycles. The van der Waals surface area contributed by atoms with Gasteiger partial charge in [0.05, 0.1) is 54.6 Å². The number of hydrogen-bond acceptors (Lipinski definition) is 16. The molecule has 12 N–H and O–H groups in total. The van der Waals surface area contributed by atoms with Crippen molar-refractivity contribution >= 4 is 40.5 Å². The number of rotatable bonds is 4. The molecule has 56 heavy (non-hydrogen) atoms. The Morgan fingerprint density at radius 3 is 1.05 bits per heavy atom. The van der Waals surface area contributed by atoms with E-state index in [9.17, 15) is 51.9 Å². The summed E-state index contributed by atoms with van der Waals surface area (Å²) in [4.78, 5) is 0. The highest BCUT2D eigenvalue weighted by atomic mass is 32.2. The van der Waals surface area contributed by atoms with Crippen molar-refractivity contribution in [3.8, 4) is 0 Å². The first-order valence-corrected chi connectivity index (χ1v) is 26.2. The zero-order chi connectivity index (χ0) is 39.7. The van der Waals surface area contributed by atoms with E-state index in [-0.39, 0.29) is 54.5 Å². The summed E-state index contributed by atoms with van der Waals surface area (Å²) in [7, 11) is -20.7. The fourth-order valence-corrected chi connectivity index (χ4v) is 19.6. The van der Waals surface area contributed by atoms with Crippen molar-refractivity contribution < 1.29 is 51.9 Å². The second-order valence-electron chi connectivity index (χ2n) is 18.1. The van der Waals surface area contributed by atoms with E-state index in [4.69, 9.17) is 0 Å². The maximum absolute atomic E-state index is 13.3. The zero-order valence-corrected chi connectivity index (χ0v) is 34.0. The Kier molecular flexibility index (Phi) is 10.5. The third-order valence-corrected chi connectivity index (χ3v) is 20.9. The molecular formula is C32H56N8O12S4. The topological polar surface area (TPSA) is 314 Å². The third-order valence-electron chi connectivity index (χ3n) is 15.4. The summed E-state index contributed by atoms with van der Waals surface area (Å²) in [5, 5.41) is 20.8. The highest BCUT2D eigenvalue weighted by Crippen LogP contribution is 2.49. The molecule has 0 spiro atoms. The first kappa shape index (κ1) is 40.7. The van der Waals surface area contributed by atoms with Crippen LogP contribution in [-0.2, 0) is 40.5 Å². The zero-order valence-electron chi connectivity index (χ0n) is 30.7. The van der Waals surface area contributed by atoms with E-state index >= 15 is 0 Å². The highest BCUT2D eigenvalue weighted by Gasteiger charge is 2.65. The lowest BCUT2D eigenvalue weighted by atomic mass is 9.76. The minimum absolute atomic E-state index is 0.0791. The van der Waals surface area contributed by atoms with E-state index in [1.54, 1.807) is 0 Å². The van der Waals surface area contributed by atoms with Crippen molar-refractivity contribution in [3.63, 3.8) is 0 Å². The molecule has 0 aromatic carbocycles. The molecular weight excluding hydrogens is 817 g/mol. The van der Waals surface area contributed by atoms with Crippen LogP contribution in [0.25, 0.3) is 0 Å². The van der Waals surface area contributed by atoms with E-state index in [1.807, 2.05) is 0 Å². The Labute approximate surface area is 328 Å². The average molecular weight is 873 g/mol. The van der Waals surface area contributed by atoms with Crippen LogP contribution in [0.3, 0.4) is 0 Å². The van der Waals surface area contributed by atoms with Crippen LogP contribution in [0.5, 0.6) is 0 Å². The van der Waals surface area contributed by atoms with E-state index < -0.39 is 116 Å². The van der Waals surface area contributed by atoms with Gasteiger partial charge in [0, 0.05) is 11.8 Å². The molecule has 8 bridgehead atoms. The number of hydrogen-bond donors (Lipinski definition) is 12. The molecule has 24 heteroatoms. The monoisotopic (exact) mass is 872 g/mol. The van der Waals surface area contributed by atoms with E-state index in [2.05, 4.69) is 42.5 Å². The second-order valence-corrected chi connectivity index (χ2v) is 24.5. The molecule has 0 aromatic heterocycles. The van der Waals surface area contributed by atoms with Crippen LogP contribution in [0, 0.1) is 47.3 Å². The van der Waals surface area contributed by atoms with Gasteiger partial charge in [-0.15, -0.1) is 0 Å². The molecule has 9 aliphatic rings. The molecule has 9 rings (SSSR count). The van der Waals surface area contributed by atoms with Gasteiger partial charge in [0.2, 0.25) is 0 Å². The van der Waals surface area contributed by atoms with Crippen molar-refractivity contribution in [2.24, 2.45) is 47.3 Å². The summed E-state index contributed by atoms with van der Waals surface area (Å²) < 4.78 is 146. The van der Waals surface area contributed by atoms with Gasteiger partial charge in [-0.25, -0.2) is 0 Å². The van der Waals surface area contributed by atoms with Gasteiger partial charge in [-0.2, -0.15) is 33.7 Å². The third kappa shape index (κ3) is 7.11. The van der Waals surface area contributed by atoms with Gasteiger partial charge in [-0.3, -0.25) is 60.7 Å². The fraction of sp³-hybridized carbons (Fsp3) is 1.00. The summed E-state index contributed by atoms with van der Waals surface area (Å²) in [6, 6.07) is 0. The van der Waals surface area contributed by atoms with Crippen LogP contribution in [0.15, 0.2) is 0 Å². The Balaban J connectivity index is 1.15. The number of fused-ring (bicyclic) bond motifs is 20. The molecule has 20 atom stereocenters. The van der Waals surface area contributed by atoms with Crippen LogP contribution in [0.1, 0.15) is 77.0 Å². The van der Waals surface area contributed by atoms with Crippen molar-refractivity contribution in [3.05, 3.63) is 0 Å². The second kappa shape index (κ2) is 14.5. The molecule has 5 saturated heterocycles. The Morgan fingerprint density at radius 2 is 0.661 bits per heavy atom. The van der Waals surface area contributed by atoms with Crippen molar-refractivity contribution in [2.75, 3.05) is 0 Å². The molecule has 0 radical (unpaired) electrons. The van der Waals surface area contributed by atoms with E-state index in [0.717, 1.165) is 51.4 Å². The normalized spacial score (nSPS) is 51.1. The van der Waals surface area contributed by atoms with Crippen LogP contribution in [-0.4, -0.2) is 122 Å². The van der Waals surface area contributed by atoms with Crippen molar-refractivity contribution in [1.29, 1.82) is 0 Å². The molecule has 4 saturated carbocycles. The van der Waals surface area contributed by atoms with Gasteiger partial charge in [0.1, 0.15) is 15.7 Å². The first-order chi connectivity index (χ1) is 26.3. The van der Waals surface area contributed by atoms with Crippen LogP contribution in [0.4, 0.5) is 0 Å². The smallest absolute Gasteiger partial charge is 0.270 e. The predicted octanol–water partition coefficient (Wildman–Crippen LogP) is -1.93. The fourth-order valence-electron chi connectivity index (χ4n) is 13.4. The minimum atomic E-state index is -5.50. The minimum Gasteiger partial charge on any atom is -0.286 e. The molecule has 0 amide bonds. The predicted molar refractivity (Wildman–Crippen MR) is 200 cm³/mol. The summed E-state index contributed by atoms with van der Waals surface area (Å²) in [5.41, 5.74) is 0. The Hall–Kier alpha value is -0.680. The molecule has 320 valence electrons. The van der Waals surface area contributed by atoms with Crippen LogP contribution in [0.2, 0.25) is 0 Å². The van der Waals surface area contributed by atoms with Gasteiger partial charge in [-0.1, -0.05) is 32.1 Å². The van der Waals surface area contributed by atoms with Gasteiger partial charge >= 0.3 is 0 Å². The quantitative estimate of drug-likeness (QED) is 0.137. The molecule has 20 unspecified atom stereocenters. The summed E-state index contributed by atoms with van der Waals surface area (Å²) in [6.07, 6.45) is 4.48. The standard InChI is InChI=1S/C32H56N8O12S4/c41-53(42,43)19-11-5-10-17-21(19)31-37-27-15-8-3-1-6-13(15)25(34-27)33-26-14-7-2-4-9-16(14)28(35-26)38-32-22-18(30(40-32)36-29(17)39-31)12-20(54(44,45)46)23(55(47,48)49)24(22)56(50,51)52/h13-40H,1-12H2,(H,41,42,43)(H,44,45,46)(H,47,48,49)(H,50,51,52). The lowest BCUT2D eigenvalue weighted by Crippen LogP contribution is -2.64. The largest absolute Gasteiger partial charge is 0.286 e. The molecule has 20 nitrogen and oxygen atoms in total. The number of nitrogens with one attached hydrogen (secondary N) is 8. The van der Waals surface area contributed by atoms with E-state index in [0.29, 0.717) is 12.8 Å². The van der Waals surface area contributed by atoms with E-state index in [1.165, 1.54) is 0 Å². The van der Waals surface area contributed by atoms with Crippen molar-refractivity contribution in [2.45, 2.75) is 147 Å². The Bertz CT molecular complexity index is 1980. The molecule has 9 fully saturated rings. The maximum atomic E-state index is 13.3. The molecule has 0 aromatic rings. The van der Waals surface area contributed by atoms with Crippen LogP contribution >= 0.6 is 0 Å². The lowest BCUT2D eigenvalue weighted by Gasteiger charge is -2.43. The SMILES string of the molecule is O=S(=O)(O)C1CCCC2C3NC4NC(NC5NC(NC6NC(NC(N3)C21)C1CCCCC61)C1CCCCC51)C1C4CC(S(=O)(=O)O)C(S(=O)(=O)O)C1S(=O)(=O)O. The average Bonchev–Trinajstić information content (AvgIpc) is 3.84. The first-order valence-electron chi connectivity index (χ1n) is 20.2. The summed E-state index contributed by atoms with van der Waals surface area (Å²) in [6.45, 7) is 0. The lowest BCUT2D eigenvalue weighted by molar-refractivity contribution is 0.166. The van der Waals surface area contributed by atoms with Gasteiger partial charge in [0.15, 0.2) is 0 Å². The van der Waals surface area contributed by atoms with Gasteiger partial charge < -0.3 is 0 Å². The van der Waals surface area contributed by atoms with Crippen LogP contribution < -0.4 is 42.5 Å². The van der Waals surface area contributed by atoms with Gasteiger partial charge in [-0.05, 0) is 80.5 Å². The maximum Gasteiger partial charge on any atom is 0.270 e. The summed E-state index contributed by atoms with van der Waals surface area (Å²) in [5.74, 6) is -2.57. The highest BCUT2D eigenvalue weighted by molar-refractivity contribution is 7.92.